The van der Waals surface area contributed by atoms with Crippen molar-refractivity contribution in [2.45, 2.75) is 6.42 Å². The van der Waals surface area contributed by atoms with Crippen molar-refractivity contribution in [3.63, 3.8) is 0 Å². The first-order chi connectivity index (χ1) is 7.81. The Bertz CT molecular complexity index is 465. The third-order valence-corrected chi connectivity index (χ3v) is 2.97. The van der Waals surface area contributed by atoms with Gasteiger partial charge in [0, 0.05) is 10.0 Å². The number of benzene rings is 1. The second-order valence-electron chi connectivity index (χ2n) is 3.63. The van der Waals surface area contributed by atoms with Crippen LogP contribution in [0.3, 0.4) is 0 Å². The minimum absolute atomic E-state index is 0.959. The highest BCUT2D eigenvalue weighted by molar-refractivity contribution is 9.10. The van der Waals surface area contributed by atoms with E-state index in [1.807, 2.05) is 25.4 Å². The Morgan fingerprint density at radius 3 is 3.06 bits per heavy atom. The number of H-pyrrole nitrogens is 1. The zero-order chi connectivity index (χ0) is 11.4. The Morgan fingerprint density at radius 1 is 1.44 bits per heavy atom. The van der Waals surface area contributed by atoms with Crippen molar-refractivity contribution in [3.8, 4) is 11.3 Å². The van der Waals surface area contributed by atoms with Gasteiger partial charge in [-0.05, 0) is 37.7 Å². The molecule has 2 N–H and O–H groups in total. The zero-order valence-electron chi connectivity index (χ0n) is 9.13. The zero-order valence-corrected chi connectivity index (χ0v) is 10.7. The number of rotatable bonds is 4. The van der Waals surface area contributed by atoms with Crippen LogP contribution in [0.4, 0.5) is 0 Å². The largest absolute Gasteiger partial charge is 0.319 e. The Kier molecular flexibility index (Phi) is 3.74. The molecule has 2 aromatic rings. The van der Waals surface area contributed by atoms with Crippen LogP contribution in [0.5, 0.6) is 0 Å². The number of aromatic nitrogens is 2. The fraction of sp³-hybridized carbons (Fsp3) is 0.250. The second-order valence-corrected chi connectivity index (χ2v) is 4.55. The molecular weight excluding hydrogens is 266 g/mol. The van der Waals surface area contributed by atoms with E-state index in [0.717, 1.165) is 28.7 Å². The van der Waals surface area contributed by atoms with Gasteiger partial charge in [0.25, 0.3) is 0 Å². The molecule has 0 saturated heterocycles. The predicted molar refractivity (Wildman–Crippen MR) is 69.4 cm³/mol. The first-order valence-electron chi connectivity index (χ1n) is 5.24. The third kappa shape index (κ3) is 2.51. The molecule has 0 amide bonds. The number of nitrogens with zero attached hydrogens (tertiary/aromatic N) is 1. The van der Waals surface area contributed by atoms with E-state index in [1.54, 1.807) is 0 Å². The van der Waals surface area contributed by atoms with Gasteiger partial charge < -0.3 is 5.32 Å². The molecule has 1 heterocycles. The average molecular weight is 280 g/mol. The van der Waals surface area contributed by atoms with Crippen LogP contribution in [0.25, 0.3) is 11.3 Å². The molecule has 0 saturated carbocycles. The van der Waals surface area contributed by atoms with Gasteiger partial charge in [-0.2, -0.15) is 5.10 Å². The van der Waals surface area contributed by atoms with Gasteiger partial charge in [-0.25, -0.2) is 0 Å². The summed E-state index contributed by atoms with van der Waals surface area (Å²) in [5.41, 5.74) is 3.52. The molecule has 0 aliphatic carbocycles. The fourth-order valence-corrected chi connectivity index (χ4v) is 2.05. The van der Waals surface area contributed by atoms with Gasteiger partial charge in [0.1, 0.15) is 0 Å². The fourth-order valence-electron chi connectivity index (χ4n) is 1.65. The van der Waals surface area contributed by atoms with Crippen molar-refractivity contribution >= 4 is 15.9 Å². The highest BCUT2D eigenvalue weighted by Gasteiger charge is 2.07. The molecule has 0 aliphatic rings. The Hall–Kier alpha value is -1.13. The summed E-state index contributed by atoms with van der Waals surface area (Å²) in [6.45, 7) is 0.959. The van der Waals surface area contributed by atoms with Gasteiger partial charge in [-0.1, -0.05) is 28.1 Å². The lowest BCUT2D eigenvalue weighted by molar-refractivity contribution is 0.793. The van der Waals surface area contributed by atoms with E-state index < -0.39 is 0 Å². The highest BCUT2D eigenvalue weighted by Crippen LogP contribution is 2.24. The summed E-state index contributed by atoms with van der Waals surface area (Å²) in [4.78, 5) is 0. The summed E-state index contributed by atoms with van der Waals surface area (Å²) >= 11 is 3.48. The van der Waals surface area contributed by atoms with Crippen molar-refractivity contribution in [3.05, 3.63) is 40.5 Å². The standard InChI is InChI=1S/C12H14BrN3/c1-14-6-5-10-8-15-16-12(10)9-3-2-4-11(13)7-9/h2-4,7-8,14H,5-6H2,1H3,(H,15,16). The van der Waals surface area contributed by atoms with Crippen molar-refractivity contribution in [1.29, 1.82) is 0 Å². The monoisotopic (exact) mass is 279 g/mol. The maximum Gasteiger partial charge on any atom is 0.0683 e. The molecule has 84 valence electrons. The maximum absolute atomic E-state index is 4.11. The summed E-state index contributed by atoms with van der Waals surface area (Å²) in [5.74, 6) is 0. The number of hydrogen-bond acceptors (Lipinski definition) is 2. The lowest BCUT2D eigenvalue weighted by atomic mass is 10.1. The summed E-state index contributed by atoms with van der Waals surface area (Å²) in [7, 11) is 1.96. The molecule has 3 nitrogen and oxygen atoms in total. The van der Waals surface area contributed by atoms with Crippen LogP contribution < -0.4 is 5.32 Å². The lowest BCUT2D eigenvalue weighted by Crippen LogP contribution is -2.10. The summed E-state index contributed by atoms with van der Waals surface area (Å²) in [6, 6.07) is 8.23. The molecule has 4 heteroatoms. The van der Waals surface area contributed by atoms with Crippen LogP contribution in [0.2, 0.25) is 0 Å². The normalized spacial score (nSPS) is 10.6. The van der Waals surface area contributed by atoms with Crippen LogP contribution in [0.15, 0.2) is 34.9 Å². The van der Waals surface area contributed by atoms with Gasteiger partial charge in [0.15, 0.2) is 0 Å². The molecular formula is C12H14BrN3. The van der Waals surface area contributed by atoms with Crippen molar-refractivity contribution in [1.82, 2.24) is 15.5 Å². The number of hydrogen-bond donors (Lipinski definition) is 2. The number of aromatic amines is 1. The lowest BCUT2D eigenvalue weighted by Gasteiger charge is -2.03. The van der Waals surface area contributed by atoms with E-state index in [0.29, 0.717) is 0 Å². The van der Waals surface area contributed by atoms with Gasteiger partial charge in [-0.15, -0.1) is 0 Å². The first-order valence-corrected chi connectivity index (χ1v) is 6.03. The van der Waals surface area contributed by atoms with Crippen molar-refractivity contribution in [2.24, 2.45) is 0 Å². The first kappa shape index (κ1) is 11.4. The highest BCUT2D eigenvalue weighted by atomic mass is 79.9. The molecule has 0 radical (unpaired) electrons. The van der Waals surface area contributed by atoms with Crippen LogP contribution in [-0.2, 0) is 6.42 Å². The molecule has 0 fully saturated rings. The molecule has 0 spiro atoms. The Morgan fingerprint density at radius 2 is 2.31 bits per heavy atom. The SMILES string of the molecule is CNCCc1cn[nH]c1-c1cccc(Br)c1. The van der Waals surface area contributed by atoms with E-state index in [4.69, 9.17) is 0 Å². The minimum atomic E-state index is 0.959. The minimum Gasteiger partial charge on any atom is -0.319 e. The molecule has 0 bridgehead atoms. The smallest absolute Gasteiger partial charge is 0.0683 e. The molecule has 0 atom stereocenters. The van der Waals surface area contributed by atoms with E-state index in [-0.39, 0.29) is 0 Å². The Labute approximate surface area is 103 Å². The number of likely N-dealkylation sites (N-methyl/N-ethyl adjacent to an activating group) is 1. The Balaban J connectivity index is 2.29. The van der Waals surface area contributed by atoms with E-state index >= 15 is 0 Å². The summed E-state index contributed by atoms with van der Waals surface area (Å²) < 4.78 is 1.08. The third-order valence-electron chi connectivity index (χ3n) is 2.48. The maximum atomic E-state index is 4.11. The average Bonchev–Trinajstić information content (AvgIpc) is 2.74. The van der Waals surface area contributed by atoms with Crippen LogP contribution in [0.1, 0.15) is 5.56 Å². The molecule has 0 aliphatic heterocycles. The van der Waals surface area contributed by atoms with Gasteiger partial charge >= 0.3 is 0 Å². The molecule has 2 rings (SSSR count). The molecule has 1 aromatic carbocycles. The van der Waals surface area contributed by atoms with Crippen LogP contribution in [-0.4, -0.2) is 23.8 Å². The second kappa shape index (κ2) is 5.27. The van der Waals surface area contributed by atoms with Gasteiger partial charge in [0.2, 0.25) is 0 Å². The molecule has 16 heavy (non-hydrogen) atoms. The van der Waals surface area contributed by atoms with Crippen LogP contribution in [0, 0.1) is 0 Å². The summed E-state index contributed by atoms with van der Waals surface area (Å²) in [6.07, 6.45) is 2.88. The molecule has 1 aromatic heterocycles. The van der Waals surface area contributed by atoms with E-state index in [2.05, 4.69) is 43.6 Å². The van der Waals surface area contributed by atoms with Gasteiger partial charge in [0.05, 0.1) is 11.9 Å². The number of nitrogens with one attached hydrogen (secondary N) is 2. The molecule has 0 unspecified atom stereocenters. The van der Waals surface area contributed by atoms with Crippen molar-refractivity contribution < 1.29 is 0 Å². The van der Waals surface area contributed by atoms with Gasteiger partial charge in [-0.3, -0.25) is 5.10 Å². The van der Waals surface area contributed by atoms with E-state index in [1.165, 1.54) is 5.56 Å². The predicted octanol–water partition coefficient (Wildman–Crippen LogP) is 2.60. The summed E-state index contributed by atoms with van der Waals surface area (Å²) in [5, 5.41) is 10.3. The quantitative estimate of drug-likeness (QED) is 0.903. The topological polar surface area (TPSA) is 40.7 Å². The van der Waals surface area contributed by atoms with E-state index in [9.17, 15) is 0 Å². The van der Waals surface area contributed by atoms with Crippen molar-refractivity contribution in [2.75, 3.05) is 13.6 Å². The number of halogens is 1. The van der Waals surface area contributed by atoms with Crippen LogP contribution >= 0.6 is 15.9 Å².